The lowest BCUT2D eigenvalue weighted by atomic mass is 10.0. The van der Waals surface area contributed by atoms with Crippen molar-refractivity contribution >= 4 is 11.8 Å². The van der Waals surface area contributed by atoms with Crippen molar-refractivity contribution in [2.75, 3.05) is 6.54 Å². The lowest BCUT2D eigenvalue weighted by Crippen LogP contribution is -2.50. The van der Waals surface area contributed by atoms with Crippen molar-refractivity contribution in [2.45, 2.75) is 58.5 Å². The van der Waals surface area contributed by atoms with Gasteiger partial charge in [0.1, 0.15) is 11.9 Å². The predicted molar refractivity (Wildman–Crippen MR) is 114 cm³/mol. The van der Waals surface area contributed by atoms with Gasteiger partial charge in [-0.1, -0.05) is 69.2 Å². The first-order chi connectivity index (χ1) is 14.0. The largest absolute Gasteiger partial charge is 0.354 e. The molecule has 0 unspecified atom stereocenters. The lowest BCUT2D eigenvalue weighted by molar-refractivity contribution is -0.141. The summed E-state index contributed by atoms with van der Waals surface area (Å²) in [7, 11) is 0. The molecule has 1 atom stereocenters. The van der Waals surface area contributed by atoms with Gasteiger partial charge in [0.05, 0.1) is 0 Å². The fourth-order valence-corrected chi connectivity index (χ4v) is 3.25. The average molecular weight is 399 g/mol. The third-order valence-electron chi connectivity index (χ3n) is 4.92. The molecule has 0 radical (unpaired) electrons. The highest BCUT2D eigenvalue weighted by Gasteiger charge is 2.29. The second-order valence-electron chi connectivity index (χ2n) is 7.21. The van der Waals surface area contributed by atoms with Gasteiger partial charge in [-0.15, -0.1) is 0 Å². The van der Waals surface area contributed by atoms with Crippen molar-refractivity contribution in [3.63, 3.8) is 0 Å². The first-order valence-electron chi connectivity index (χ1n) is 10.4. The normalized spacial score (nSPS) is 11.7. The number of hydrogen-bond donors (Lipinski definition) is 1. The van der Waals surface area contributed by atoms with E-state index in [1.54, 1.807) is 24.0 Å². The Bertz CT molecular complexity index is 762. The van der Waals surface area contributed by atoms with Gasteiger partial charge in [0.2, 0.25) is 11.8 Å². The Morgan fingerprint density at radius 2 is 1.66 bits per heavy atom. The van der Waals surface area contributed by atoms with Gasteiger partial charge in [-0.3, -0.25) is 9.59 Å². The summed E-state index contributed by atoms with van der Waals surface area (Å²) < 4.78 is 13.3. The number of hydrogen-bond acceptors (Lipinski definition) is 2. The standard InChI is InChI=1S/C24H31FN2O2/c1-3-5-9-16-26-24(29)22(17-19-10-7-6-8-11-19)27(23(28)4-2)18-20-12-14-21(25)15-13-20/h6-8,10-15,22H,3-5,9,16-18H2,1-2H3,(H,26,29)/t22-/m0/s1. The van der Waals surface area contributed by atoms with E-state index < -0.39 is 6.04 Å². The average Bonchev–Trinajstić information content (AvgIpc) is 2.75. The zero-order chi connectivity index (χ0) is 21.1. The topological polar surface area (TPSA) is 49.4 Å². The van der Waals surface area contributed by atoms with Crippen molar-refractivity contribution in [1.29, 1.82) is 0 Å². The summed E-state index contributed by atoms with van der Waals surface area (Å²) in [5.41, 5.74) is 1.79. The summed E-state index contributed by atoms with van der Waals surface area (Å²) in [6.07, 6.45) is 3.79. The molecule has 2 aromatic rings. The van der Waals surface area contributed by atoms with Gasteiger partial charge >= 0.3 is 0 Å². The van der Waals surface area contributed by atoms with Crippen LogP contribution in [-0.4, -0.2) is 29.3 Å². The van der Waals surface area contributed by atoms with Crippen LogP contribution < -0.4 is 5.32 Å². The van der Waals surface area contributed by atoms with Gasteiger partial charge in [-0.2, -0.15) is 0 Å². The van der Waals surface area contributed by atoms with Crippen LogP contribution in [0.3, 0.4) is 0 Å². The van der Waals surface area contributed by atoms with E-state index in [-0.39, 0.29) is 24.2 Å². The molecule has 0 spiro atoms. The Kier molecular flexibility index (Phi) is 9.35. The highest BCUT2D eigenvalue weighted by Crippen LogP contribution is 2.16. The molecule has 2 amide bonds. The molecule has 1 N–H and O–H groups in total. The lowest BCUT2D eigenvalue weighted by Gasteiger charge is -2.31. The van der Waals surface area contributed by atoms with E-state index in [2.05, 4.69) is 12.2 Å². The number of halogens is 1. The summed E-state index contributed by atoms with van der Waals surface area (Å²) in [5, 5.41) is 3.00. The Labute approximate surface area is 173 Å². The first-order valence-corrected chi connectivity index (χ1v) is 10.4. The molecular formula is C24H31FN2O2. The van der Waals surface area contributed by atoms with E-state index in [1.165, 1.54) is 12.1 Å². The third kappa shape index (κ3) is 7.33. The fourth-order valence-electron chi connectivity index (χ4n) is 3.25. The zero-order valence-corrected chi connectivity index (χ0v) is 17.4. The Morgan fingerprint density at radius 1 is 0.966 bits per heavy atom. The molecule has 0 aromatic heterocycles. The molecule has 0 saturated carbocycles. The van der Waals surface area contributed by atoms with Crippen LogP contribution in [0.1, 0.15) is 50.7 Å². The zero-order valence-electron chi connectivity index (χ0n) is 17.4. The Hall–Kier alpha value is -2.69. The molecule has 0 fully saturated rings. The minimum absolute atomic E-state index is 0.0982. The maximum absolute atomic E-state index is 13.3. The number of benzene rings is 2. The summed E-state index contributed by atoms with van der Waals surface area (Å²) in [6.45, 7) is 4.78. The van der Waals surface area contributed by atoms with Gasteiger partial charge in [0.25, 0.3) is 0 Å². The molecule has 4 nitrogen and oxygen atoms in total. The van der Waals surface area contributed by atoms with Crippen LogP contribution in [0, 0.1) is 5.82 Å². The number of carbonyl (C=O) groups excluding carboxylic acids is 2. The molecule has 0 bridgehead atoms. The number of nitrogens with zero attached hydrogens (tertiary/aromatic N) is 1. The Morgan fingerprint density at radius 3 is 2.28 bits per heavy atom. The number of carbonyl (C=O) groups is 2. The van der Waals surface area contributed by atoms with E-state index in [0.717, 1.165) is 30.4 Å². The summed E-state index contributed by atoms with van der Waals surface area (Å²) in [5.74, 6) is -0.565. The van der Waals surface area contributed by atoms with Crippen LogP contribution in [0.5, 0.6) is 0 Å². The molecule has 0 heterocycles. The van der Waals surface area contributed by atoms with Gasteiger partial charge in [0.15, 0.2) is 0 Å². The molecule has 2 rings (SSSR count). The van der Waals surface area contributed by atoms with Crippen molar-refractivity contribution in [1.82, 2.24) is 10.2 Å². The van der Waals surface area contributed by atoms with E-state index in [0.29, 0.717) is 19.4 Å². The maximum atomic E-state index is 13.3. The predicted octanol–water partition coefficient (Wildman–Crippen LogP) is 4.48. The molecular weight excluding hydrogens is 367 g/mol. The molecule has 156 valence electrons. The van der Waals surface area contributed by atoms with Crippen LogP contribution in [0.25, 0.3) is 0 Å². The Balaban J connectivity index is 2.25. The summed E-state index contributed by atoms with van der Waals surface area (Å²) >= 11 is 0. The number of unbranched alkanes of at least 4 members (excludes halogenated alkanes) is 2. The molecule has 5 heteroatoms. The number of nitrogens with one attached hydrogen (secondary N) is 1. The van der Waals surface area contributed by atoms with E-state index in [4.69, 9.17) is 0 Å². The maximum Gasteiger partial charge on any atom is 0.243 e. The van der Waals surface area contributed by atoms with Crippen molar-refractivity contribution < 1.29 is 14.0 Å². The minimum Gasteiger partial charge on any atom is -0.354 e. The molecule has 0 aliphatic rings. The highest BCUT2D eigenvalue weighted by atomic mass is 19.1. The fraction of sp³-hybridized carbons (Fsp3) is 0.417. The van der Waals surface area contributed by atoms with Crippen molar-refractivity contribution in [3.8, 4) is 0 Å². The van der Waals surface area contributed by atoms with Gasteiger partial charge in [-0.25, -0.2) is 4.39 Å². The van der Waals surface area contributed by atoms with Crippen molar-refractivity contribution in [3.05, 3.63) is 71.5 Å². The molecule has 29 heavy (non-hydrogen) atoms. The SMILES string of the molecule is CCCCCNC(=O)[C@H](Cc1ccccc1)N(Cc1ccc(F)cc1)C(=O)CC. The molecule has 2 aromatic carbocycles. The smallest absolute Gasteiger partial charge is 0.243 e. The van der Waals surface area contributed by atoms with Crippen LogP contribution >= 0.6 is 0 Å². The van der Waals surface area contributed by atoms with E-state index in [1.807, 2.05) is 30.3 Å². The summed E-state index contributed by atoms with van der Waals surface area (Å²) in [4.78, 5) is 27.4. The molecule has 0 aliphatic carbocycles. The van der Waals surface area contributed by atoms with E-state index in [9.17, 15) is 14.0 Å². The van der Waals surface area contributed by atoms with Crippen molar-refractivity contribution in [2.24, 2.45) is 0 Å². The van der Waals surface area contributed by atoms with Gasteiger partial charge in [0, 0.05) is 25.9 Å². The van der Waals surface area contributed by atoms with Gasteiger partial charge < -0.3 is 10.2 Å². The number of amides is 2. The van der Waals surface area contributed by atoms with Gasteiger partial charge in [-0.05, 0) is 29.7 Å². The molecule has 0 saturated heterocycles. The second kappa shape index (κ2) is 12.0. The van der Waals surface area contributed by atoms with Crippen LogP contribution in [0.4, 0.5) is 4.39 Å². The molecule has 0 aliphatic heterocycles. The van der Waals surface area contributed by atoms with E-state index >= 15 is 0 Å². The van der Waals surface area contributed by atoms with Crippen LogP contribution in [0.15, 0.2) is 54.6 Å². The minimum atomic E-state index is -0.614. The highest BCUT2D eigenvalue weighted by molar-refractivity contribution is 5.87. The summed E-state index contributed by atoms with van der Waals surface area (Å²) in [6, 6.07) is 15.2. The first kappa shape index (κ1) is 22.6. The second-order valence-corrected chi connectivity index (χ2v) is 7.21. The quantitative estimate of drug-likeness (QED) is 0.567. The number of rotatable bonds is 11. The van der Waals surface area contributed by atoms with Crippen LogP contribution in [-0.2, 0) is 22.6 Å². The third-order valence-corrected chi connectivity index (χ3v) is 4.92. The monoisotopic (exact) mass is 398 g/mol. The van der Waals surface area contributed by atoms with Crippen LogP contribution in [0.2, 0.25) is 0 Å².